The van der Waals surface area contributed by atoms with Crippen LogP contribution in [0, 0.1) is 13.8 Å². The Morgan fingerprint density at radius 2 is 1.66 bits per heavy atom. The molecule has 0 aliphatic heterocycles. The molecule has 0 heterocycles. The van der Waals surface area contributed by atoms with Crippen LogP contribution in [0.3, 0.4) is 0 Å². The summed E-state index contributed by atoms with van der Waals surface area (Å²) in [6, 6.07) is 24.1. The molecule has 4 nitrogen and oxygen atoms in total. The molecule has 0 saturated heterocycles. The Labute approximate surface area is 172 Å². The van der Waals surface area contributed by atoms with Crippen molar-refractivity contribution in [3.63, 3.8) is 0 Å². The highest BCUT2D eigenvalue weighted by Crippen LogP contribution is 2.24. The van der Waals surface area contributed by atoms with Crippen molar-refractivity contribution in [3.8, 4) is 5.75 Å². The molecular formula is C25H28N2O2. The number of carbonyl (C=O) groups excluding carboxylic acids is 1. The van der Waals surface area contributed by atoms with Crippen molar-refractivity contribution >= 4 is 17.3 Å². The lowest BCUT2D eigenvalue weighted by molar-refractivity contribution is -0.114. The Hall–Kier alpha value is -3.27. The minimum atomic E-state index is -0.0872. The van der Waals surface area contributed by atoms with Crippen LogP contribution >= 0.6 is 0 Å². The predicted octanol–water partition coefficient (Wildman–Crippen LogP) is 5.37. The smallest absolute Gasteiger partial charge is 0.243 e. The van der Waals surface area contributed by atoms with Crippen LogP contribution in [0.15, 0.2) is 72.8 Å². The third-order valence-electron chi connectivity index (χ3n) is 4.69. The topological polar surface area (TPSA) is 50.4 Å². The van der Waals surface area contributed by atoms with E-state index in [1.54, 1.807) is 0 Å². The normalized spacial score (nSPS) is 10.4. The van der Waals surface area contributed by atoms with Gasteiger partial charge in [0, 0.05) is 5.69 Å². The molecule has 3 aromatic rings. The molecule has 29 heavy (non-hydrogen) atoms. The number of ether oxygens (including phenoxy) is 1. The molecule has 150 valence electrons. The van der Waals surface area contributed by atoms with Crippen LogP contribution in [-0.4, -0.2) is 19.1 Å². The van der Waals surface area contributed by atoms with Crippen molar-refractivity contribution in [2.75, 3.05) is 23.8 Å². The van der Waals surface area contributed by atoms with E-state index in [4.69, 9.17) is 4.74 Å². The van der Waals surface area contributed by atoms with Gasteiger partial charge >= 0.3 is 0 Å². The lowest BCUT2D eigenvalue weighted by Crippen LogP contribution is -2.22. The fourth-order valence-corrected chi connectivity index (χ4v) is 3.17. The summed E-state index contributed by atoms with van der Waals surface area (Å²) >= 11 is 0. The minimum absolute atomic E-state index is 0.0872. The van der Waals surface area contributed by atoms with E-state index in [2.05, 4.69) is 41.0 Å². The monoisotopic (exact) mass is 388 g/mol. The second-order valence-electron chi connectivity index (χ2n) is 7.15. The Kier molecular flexibility index (Phi) is 7.28. The largest absolute Gasteiger partial charge is 0.491 e. The molecule has 3 aromatic carbocycles. The summed E-state index contributed by atoms with van der Waals surface area (Å²) in [5, 5.41) is 6.14. The molecular weight excluding hydrogens is 360 g/mol. The molecule has 4 heteroatoms. The van der Waals surface area contributed by atoms with Crippen LogP contribution in [0.25, 0.3) is 0 Å². The zero-order valence-electron chi connectivity index (χ0n) is 17.1. The summed E-state index contributed by atoms with van der Waals surface area (Å²) in [5.74, 6) is 0.677. The Morgan fingerprint density at radius 3 is 2.45 bits per heavy atom. The van der Waals surface area contributed by atoms with Crippen LogP contribution in [0.5, 0.6) is 5.75 Å². The Balaban J connectivity index is 1.48. The van der Waals surface area contributed by atoms with Crippen LogP contribution in [0.4, 0.5) is 11.4 Å². The highest BCUT2D eigenvalue weighted by atomic mass is 16.5. The highest BCUT2D eigenvalue weighted by molar-refractivity contribution is 5.94. The summed E-state index contributed by atoms with van der Waals surface area (Å²) in [7, 11) is 0. The van der Waals surface area contributed by atoms with Crippen molar-refractivity contribution in [1.82, 2.24) is 0 Å². The van der Waals surface area contributed by atoms with Gasteiger partial charge in [0.1, 0.15) is 5.75 Å². The summed E-state index contributed by atoms with van der Waals surface area (Å²) in [4.78, 5) is 12.3. The molecule has 0 aliphatic rings. The first-order valence-corrected chi connectivity index (χ1v) is 9.98. The standard InChI is InChI=1S/C25H28N2O2/c1-19-14-15-22(20(2)17-19)27-25(28)18-26-23-12-6-7-13-24(23)29-16-8-11-21-9-4-3-5-10-21/h3-7,9-10,12-15,17,26H,8,11,16,18H2,1-2H3,(H,27,28). The molecule has 0 atom stereocenters. The molecule has 2 N–H and O–H groups in total. The first-order chi connectivity index (χ1) is 14.1. The van der Waals surface area contributed by atoms with Gasteiger partial charge in [-0.3, -0.25) is 4.79 Å². The van der Waals surface area contributed by atoms with Crippen molar-refractivity contribution < 1.29 is 9.53 Å². The van der Waals surface area contributed by atoms with Gasteiger partial charge in [-0.2, -0.15) is 0 Å². The van der Waals surface area contributed by atoms with Crippen molar-refractivity contribution in [2.24, 2.45) is 0 Å². The van der Waals surface area contributed by atoms with Gasteiger partial charge in [0.25, 0.3) is 0 Å². The fraction of sp³-hybridized carbons (Fsp3) is 0.240. The molecule has 3 rings (SSSR count). The number of nitrogens with one attached hydrogen (secondary N) is 2. The zero-order chi connectivity index (χ0) is 20.5. The number of carbonyl (C=O) groups is 1. The summed E-state index contributed by atoms with van der Waals surface area (Å²) in [6.07, 6.45) is 1.92. The van der Waals surface area contributed by atoms with Gasteiger partial charge < -0.3 is 15.4 Å². The van der Waals surface area contributed by atoms with E-state index >= 15 is 0 Å². The highest BCUT2D eigenvalue weighted by Gasteiger charge is 2.08. The lowest BCUT2D eigenvalue weighted by atomic mass is 10.1. The van der Waals surface area contributed by atoms with E-state index in [1.807, 2.05) is 56.3 Å². The molecule has 0 unspecified atom stereocenters. The number of aryl methyl sites for hydroxylation is 3. The van der Waals surface area contributed by atoms with Gasteiger partial charge in [0.15, 0.2) is 0 Å². The first-order valence-electron chi connectivity index (χ1n) is 9.98. The SMILES string of the molecule is Cc1ccc(NC(=O)CNc2ccccc2OCCCc2ccccc2)c(C)c1. The number of para-hydroxylation sites is 2. The van der Waals surface area contributed by atoms with Gasteiger partial charge in [0.2, 0.25) is 5.91 Å². The van der Waals surface area contributed by atoms with Gasteiger partial charge in [-0.25, -0.2) is 0 Å². The number of benzene rings is 3. The second-order valence-corrected chi connectivity index (χ2v) is 7.15. The van der Waals surface area contributed by atoms with E-state index in [1.165, 1.54) is 11.1 Å². The summed E-state index contributed by atoms with van der Waals surface area (Å²) < 4.78 is 5.95. The van der Waals surface area contributed by atoms with Crippen LogP contribution in [-0.2, 0) is 11.2 Å². The third-order valence-corrected chi connectivity index (χ3v) is 4.69. The fourth-order valence-electron chi connectivity index (χ4n) is 3.17. The average Bonchev–Trinajstić information content (AvgIpc) is 2.73. The quantitative estimate of drug-likeness (QED) is 0.485. The molecule has 0 radical (unpaired) electrons. The molecule has 0 spiro atoms. The molecule has 0 fully saturated rings. The number of hydrogen-bond acceptors (Lipinski definition) is 3. The lowest BCUT2D eigenvalue weighted by Gasteiger charge is -2.14. The molecule has 0 aliphatic carbocycles. The maximum absolute atomic E-state index is 12.3. The number of anilines is 2. The van der Waals surface area contributed by atoms with E-state index < -0.39 is 0 Å². The maximum Gasteiger partial charge on any atom is 0.243 e. The molecule has 0 bridgehead atoms. The van der Waals surface area contributed by atoms with Crippen LogP contribution in [0.2, 0.25) is 0 Å². The Bertz CT molecular complexity index is 939. The van der Waals surface area contributed by atoms with E-state index in [0.717, 1.165) is 35.5 Å². The van der Waals surface area contributed by atoms with Crippen LogP contribution in [0.1, 0.15) is 23.1 Å². The van der Waals surface area contributed by atoms with Gasteiger partial charge in [0.05, 0.1) is 18.8 Å². The van der Waals surface area contributed by atoms with Crippen molar-refractivity contribution in [2.45, 2.75) is 26.7 Å². The Morgan fingerprint density at radius 1 is 0.897 bits per heavy atom. The first kappa shape index (κ1) is 20.5. The van der Waals surface area contributed by atoms with E-state index in [-0.39, 0.29) is 12.5 Å². The van der Waals surface area contributed by atoms with E-state index in [9.17, 15) is 4.79 Å². The predicted molar refractivity (Wildman–Crippen MR) is 120 cm³/mol. The summed E-state index contributed by atoms with van der Waals surface area (Å²) in [5.41, 5.74) is 5.21. The second kappa shape index (κ2) is 10.3. The third kappa shape index (κ3) is 6.39. The number of rotatable bonds is 9. The van der Waals surface area contributed by atoms with Gasteiger partial charge in [-0.15, -0.1) is 0 Å². The number of hydrogen-bond donors (Lipinski definition) is 2. The number of amides is 1. The van der Waals surface area contributed by atoms with Gasteiger partial charge in [-0.1, -0.05) is 60.2 Å². The van der Waals surface area contributed by atoms with Crippen molar-refractivity contribution in [1.29, 1.82) is 0 Å². The van der Waals surface area contributed by atoms with Crippen LogP contribution < -0.4 is 15.4 Å². The zero-order valence-corrected chi connectivity index (χ0v) is 17.1. The van der Waals surface area contributed by atoms with E-state index in [0.29, 0.717) is 6.61 Å². The minimum Gasteiger partial charge on any atom is -0.491 e. The summed E-state index contributed by atoms with van der Waals surface area (Å²) in [6.45, 7) is 4.84. The van der Waals surface area contributed by atoms with Crippen molar-refractivity contribution in [3.05, 3.63) is 89.5 Å². The molecule has 1 amide bonds. The molecule has 0 saturated carbocycles. The molecule has 0 aromatic heterocycles. The maximum atomic E-state index is 12.3. The van der Waals surface area contributed by atoms with Gasteiger partial charge in [-0.05, 0) is 56.0 Å². The average molecular weight is 389 g/mol.